The molecule has 0 fully saturated rings. The summed E-state index contributed by atoms with van der Waals surface area (Å²) in [4.78, 5) is 0. The molecule has 0 amide bonds. The highest BCUT2D eigenvalue weighted by atomic mass is 32.2. The molecule has 1 unspecified atom stereocenters. The van der Waals surface area contributed by atoms with E-state index >= 15 is 0 Å². The second-order valence-electron chi connectivity index (χ2n) is 3.70. The van der Waals surface area contributed by atoms with Crippen LogP contribution in [0.5, 0.6) is 0 Å². The van der Waals surface area contributed by atoms with Gasteiger partial charge in [0.25, 0.3) is 0 Å². The maximum atomic E-state index is 3.54. The fraction of sp³-hybridized carbons (Fsp3) is 1.00. The van der Waals surface area contributed by atoms with Gasteiger partial charge in [-0.05, 0) is 19.6 Å². The zero-order chi connectivity index (χ0) is 9.94. The minimum absolute atomic E-state index is 0.712. The maximum absolute atomic E-state index is 3.54. The number of hydrogen-bond donors (Lipinski definition) is 1. The number of nitrogens with one attached hydrogen (secondary N) is 1. The Labute approximate surface area is 88.1 Å². The molecule has 0 radical (unpaired) electrons. The van der Waals surface area contributed by atoms with Crippen LogP contribution >= 0.6 is 11.8 Å². The molecule has 0 rings (SSSR count). The lowest BCUT2D eigenvalue weighted by Crippen LogP contribution is -2.27. The lowest BCUT2D eigenvalue weighted by atomic mass is 10.1. The van der Waals surface area contributed by atoms with Crippen LogP contribution in [0.1, 0.15) is 46.0 Å². The highest BCUT2D eigenvalue weighted by Gasteiger charge is 1.99. The van der Waals surface area contributed by atoms with E-state index < -0.39 is 0 Å². The van der Waals surface area contributed by atoms with Gasteiger partial charge in [0, 0.05) is 18.3 Å². The first-order chi connectivity index (χ1) is 6.31. The van der Waals surface area contributed by atoms with Gasteiger partial charge >= 0.3 is 0 Å². The first-order valence-corrected chi connectivity index (χ1v) is 6.93. The van der Waals surface area contributed by atoms with Crippen molar-refractivity contribution in [3.8, 4) is 0 Å². The summed E-state index contributed by atoms with van der Waals surface area (Å²) in [5, 5.41) is 3.54. The Morgan fingerprint density at radius 2 is 2.00 bits per heavy atom. The molecule has 80 valence electrons. The van der Waals surface area contributed by atoms with Crippen LogP contribution in [0.4, 0.5) is 0 Å². The Bertz CT molecular complexity index is 96.1. The van der Waals surface area contributed by atoms with Gasteiger partial charge < -0.3 is 5.32 Å². The van der Waals surface area contributed by atoms with Crippen molar-refractivity contribution in [2.75, 3.05) is 18.6 Å². The van der Waals surface area contributed by atoms with E-state index in [1.807, 2.05) is 11.8 Å². The molecule has 0 aliphatic rings. The number of hydrogen-bond acceptors (Lipinski definition) is 2. The molecule has 0 aromatic carbocycles. The van der Waals surface area contributed by atoms with E-state index in [-0.39, 0.29) is 0 Å². The topological polar surface area (TPSA) is 12.0 Å². The van der Waals surface area contributed by atoms with Gasteiger partial charge in [0.15, 0.2) is 0 Å². The molecule has 0 bridgehead atoms. The molecule has 0 saturated heterocycles. The van der Waals surface area contributed by atoms with E-state index in [2.05, 4.69) is 25.4 Å². The lowest BCUT2D eigenvalue weighted by Gasteiger charge is -2.12. The quantitative estimate of drug-likeness (QED) is 0.577. The maximum Gasteiger partial charge on any atom is 0.00554 e. The van der Waals surface area contributed by atoms with Gasteiger partial charge in [-0.15, -0.1) is 0 Å². The highest BCUT2D eigenvalue weighted by Crippen LogP contribution is 2.05. The fourth-order valence-corrected chi connectivity index (χ4v) is 1.71. The first-order valence-electron chi connectivity index (χ1n) is 5.53. The second kappa shape index (κ2) is 10.4. The van der Waals surface area contributed by atoms with Crippen LogP contribution in [-0.2, 0) is 0 Å². The second-order valence-corrected chi connectivity index (χ2v) is 4.68. The van der Waals surface area contributed by atoms with Crippen molar-refractivity contribution < 1.29 is 0 Å². The molecular weight excluding hydrogens is 178 g/mol. The summed E-state index contributed by atoms with van der Waals surface area (Å²) in [7, 11) is 0. The average Bonchev–Trinajstić information content (AvgIpc) is 2.13. The van der Waals surface area contributed by atoms with Crippen LogP contribution < -0.4 is 5.32 Å². The average molecular weight is 203 g/mol. The SMILES string of the molecule is CCCCCCC(C)NCCSC. The summed E-state index contributed by atoms with van der Waals surface area (Å²) in [5.41, 5.74) is 0. The van der Waals surface area contributed by atoms with Crippen molar-refractivity contribution in [3.05, 3.63) is 0 Å². The van der Waals surface area contributed by atoms with E-state index in [0.29, 0.717) is 6.04 Å². The summed E-state index contributed by atoms with van der Waals surface area (Å²) < 4.78 is 0. The largest absolute Gasteiger partial charge is 0.313 e. The molecule has 1 nitrogen and oxygen atoms in total. The van der Waals surface area contributed by atoms with Crippen molar-refractivity contribution in [1.29, 1.82) is 0 Å². The molecule has 0 heterocycles. The predicted molar refractivity (Wildman–Crippen MR) is 64.6 cm³/mol. The first kappa shape index (κ1) is 13.3. The minimum Gasteiger partial charge on any atom is -0.313 e. The third-order valence-corrected chi connectivity index (χ3v) is 2.90. The van der Waals surface area contributed by atoms with E-state index in [1.165, 1.54) is 37.9 Å². The molecule has 1 N–H and O–H groups in total. The third kappa shape index (κ3) is 10.2. The summed E-state index contributed by atoms with van der Waals surface area (Å²) in [6.45, 7) is 5.72. The van der Waals surface area contributed by atoms with Crippen molar-refractivity contribution in [3.63, 3.8) is 0 Å². The van der Waals surface area contributed by atoms with E-state index in [9.17, 15) is 0 Å². The van der Waals surface area contributed by atoms with Gasteiger partial charge in [-0.25, -0.2) is 0 Å². The fourth-order valence-electron chi connectivity index (χ4n) is 1.39. The van der Waals surface area contributed by atoms with Crippen molar-refractivity contribution >= 4 is 11.8 Å². The van der Waals surface area contributed by atoms with Crippen LogP contribution in [-0.4, -0.2) is 24.6 Å². The number of unbranched alkanes of at least 4 members (excludes halogenated alkanes) is 3. The van der Waals surface area contributed by atoms with Gasteiger partial charge in [0.05, 0.1) is 0 Å². The van der Waals surface area contributed by atoms with Crippen molar-refractivity contribution in [2.24, 2.45) is 0 Å². The number of thioether (sulfide) groups is 1. The monoisotopic (exact) mass is 203 g/mol. The lowest BCUT2D eigenvalue weighted by molar-refractivity contribution is 0.496. The molecule has 0 aliphatic heterocycles. The third-order valence-electron chi connectivity index (χ3n) is 2.29. The molecular formula is C11H25NS. The van der Waals surface area contributed by atoms with Gasteiger partial charge in [-0.1, -0.05) is 32.6 Å². The van der Waals surface area contributed by atoms with Crippen LogP contribution in [0.2, 0.25) is 0 Å². The minimum atomic E-state index is 0.712. The standard InChI is InChI=1S/C11H25NS/c1-4-5-6-7-8-11(2)12-9-10-13-3/h11-12H,4-10H2,1-3H3. The molecule has 0 spiro atoms. The molecule has 0 saturated carbocycles. The molecule has 0 aromatic heterocycles. The Morgan fingerprint density at radius 3 is 2.62 bits per heavy atom. The van der Waals surface area contributed by atoms with Crippen LogP contribution in [0, 0.1) is 0 Å². The predicted octanol–water partition coefficient (Wildman–Crippen LogP) is 3.30. The molecule has 1 atom stereocenters. The smallest absolute Gasteiger partial charge is 0.00554 e. The Balaban J connectivity index is 3.05. The highest BCUT2D eigenvalue weighted by molar-refractivity contribution is 7.98. The summed E-state index contributed by atoms with van der Waals surface area (Å²) in [6, 6.07) is 0.712. The van der Waals surface area contributed by atoms with Gasteiger partial charge in [-0.3, -0.25) is 0 Å². The van der Waals surface area contributed by atoms with E-state index in [4.69, 9.17) is 0 Å². The summed E-state index contributed by atoms with van der Waals surface area (Å²) >= 11 is 1.91. The molecule has 0 aliphatic carbocycles. The van der Waals surface area contributed by atoms with E-state index in [1.54, 1.807) is 0 Å². The van der Waals surface area contributed by atoms with Crippen LogP contribution in [0.3, 0.4) is 0 Å². The Hall–Kier alpha value is 0.310. The van der Waals surface area contributed by atoms with Gasteiger partial charge in [-0.2, -0.15) is 11.8 Å². The Kier molecular flexibility index (Phi) is 10.6. The molecule has 2 heteroatoms. The normalized spacial score (nSPS) is 13.2. The van der Waals surface area contributed by atoms with Crippen LogP contribution in [0.15, 0.2) is 0 Å². The van der Waals surface area contributed by atoms with E-state index in [0.717, 1.165) is 6.54 Å². The zero-order valence-corrected chi connectivity index (χ0v) is 10.3. The summed E-state index contributed by atoms with van der Waals surface area (Å²) in [5.74, 6) is 1.24. The molecule has 0 aromatic rings. The van der Waals surface area contributed by atoms with Crippen LogP contribution in [0.25, 0.3) is 0 Å². The van der Waals surface area contributed by atoms with Crippen molar-refractivity contribution in [1.82, 2.24) is 5.32 Å². The zero-order valence-electron chi connectivity index (χ0n) is 9.44. The van der Waals surface area contributed by atoms with Crippen molar-refractivity contribution in [2.45, 2.75) is 52.0 Å². The van der Waals surface area contributed by atoms with Gasteiger partial charge in [0.1, 0.15) is 0 Å². The summed E-state index contributed by atoms with van der Waals surface area (Å²) in [6.07, 6.45) is 9.04. The Morgan fingerprint density at radius 1 is 1.23 bits per heavy atom. The number of rotatable bonds is 9. The molecule has 13 heavy (non-hydrogen) atoms. The van der Waals surface area contributed by atoms with Gasteiger partial charge in [0.2, 0.25) is 0 Å².